The molecule has 1 aromatic rings. The Balaban J connectivity index is 2.25. The molecule has 2 rings (SSSR count). The molecule has 0 spiro atoms. The Labute approximate surface area is 87.9 Å². The third-order valence-electron chi connectivity index (χ3n) is 2.76. The minimum atomic E-state index is -3.57. The van der Waals surface area contributed by atoms with Crippen molar-refractivity contribution in [3.05, 3.63) is 18.0 Å². The highest BCUT2D eigenvalue weighted by Crippen LogP contribution is 2.34. The van der Waals surface area contributed by atoms with Gasteiger partial charge in [-0.05, 0) is 24.8 Å². The van der Waals surface area contributed by atoms with Crippen molar-refractivity contribution in [2.24, 2.45) is 0 Å². The van der Waals surface area contributed by atoms with Gasteiger partial charge in [0.1, 0.15) is 4.90 Å². The molecule has 1 aliphatic carbocycles. The van der Waals surface area contributed by atoms with Crippen LogP contribution in [0.5, 0.6) is 0 Å². The van der Waals surface area contributed by atoms with Gasteiger partial charge in [-0.3, -0.25) is 0 Å². The molecule has 1 saturated carbocycles. The number of hydrogen-bond acceptors (Lipinski definition) is 2. The number of aromatic nitrogens is 1. The minimum Gasteiger partial charge on any atom is -0.364 e. The molecule has 1 N–H and O–H groups in total. The molecular weight excluding hydrogens is 222 g/mol. The fourth-order valence-electron chi connectivity index (χ4n) is 2.00. The molecule has 1 heterocycles. The number of aromatic amines is 1. The number of rotatable bonds is 2. The van der Waals surface area contributed by atoms with Crippen molar-refractivity contribution in [1.29, 1.82) is 0 Å². The Hall–Kier alpha value is -0.480. The third kappa shape index (κ3) is 1.96. The van der Waals surface area contributed by atoms with Crippen LogP contribution in [0.2, 0.25) is 0 Å². The van der Waals surface area contributed by atoms with Gasteiger partial charge in [0, 0.05) is 22.6 Å². The van der Waals surface area contributed by atoms with E-state index < -0.39 is 9.05 Å². The fourth-order valence-corrected chi connectivity index (χ4v) is 2.74. The van der Waals surface area contributed by atoms with E-state index in [9.17, 15) is 8.42 Å². The molecule has 0 aromatic carbocycles. The van der Waals surface area contributed by atoms with Crippen LogP contribution in [0, 0.1) is 0 Å². The van der Waals surface area contributed by atoms with E-state index >= 15 is 0 Å². The zero-order valence-electron chi connectivity index (χ0n) is 7.66. The van der Waals surface area contributed by atoms with Crippen LogP contribution < -0.4 is 0 Å². The van der Waals surface area contributed by atoms with Crippen LogP contribution in [0.4, 0.5) is 0 Å². The van der Waals surface area contributed by atoms with Crippen LogP contribution in [0.3, 0.4) is 0 Å². The summed E-state index contributed by atoms with van der Waals surface area (Å²) >= 11 is 0. The normalized spacial score (nSPS) is 18.9. The summed E-state index contributed by atoms with van der Waals surface area (Å²) in [4.78, 5) is 3.17. The summed E-state index contributed by atoms with van der Waals surface area (Å²) < 4.78 is 22.0. The second-order valence-corrected chi connectivity index (χ2v) is 6.28. The van der Waals surface area contributed by atoms with Crippen molar-refractivity contribution >= 4 is 19.7 Å². The summed E-state index contributed by atoms with van der Waals surface area (Å²) in [5, 5.41) is 0. The Kier molecular flexibility index (Phi) is 2.58. The molecule has 1 aliphatic rings. The van der Waals surface area contributed by atoms with Gasteiger partial charge in [0.05, 0.1) is 0 Å². The summed E-state index contributed by atoms with van der Waals surface area (Å²) in [5.74, 6) is 0.488. The van der Waals surface area contributed by atoms with E-state index in [1.54, 1.807) is 6.07 Å². The summed E-state index contributed by atoms with van der Waals surface area (Å²) in [6.45, 7) is 0. The lowest BCUT2D eigenvalue weighted by molar-refractivity contribution is 0.609. The highest BCUT2D eigenvalue weighted by molar-refractivity contribution is 8.13. The number of nitrogens with one attached hydrogen (secondary N) is 1. The topological polar surface area (TPSA) is 49.9 Å². The van der Waals surface area contributed by atoms with Crippen molar-refractivity contribution in [1.82, 2.24) is 4.98 Å². The maximum absolute atomic E-state index is 11.0. The van der Waals surface area contributed by atoms with Gasteiger partial charge < -0.3 is 4.98 Å². The van der Waals surface area contributed by atoms with Gasteiger partial charge in [0.2, 0.25) is 0 Å². The molecule has 1 fully saturated rings. The highest BCUT2D eigenvalue weighted by atomic mass is 35.7. The number of halogens is 1. The largest absolute Gasteiger partial charge is 0.364 e. The molecule has 0 bridgehead atoms. The van der Waals surface area contributed by atoms with Crippen LogP contribution in [0.1, 0.15) is 37.3 Å². The Morgan fingerprint density at radius 2 is 2.00 bits per heavy atom. The summed E-state index contributed by atoms with van der Waals surface area (Å²) in [6, 6.07) is 1.65. The maximum Gasteiger partial charge on any atom is 0.262 e. The molecule has 78 valence electrons. The van der Waals surface area contributed by atoms with Crippen LogP contribution in [0.25, 0.3) is 0 Å². The molecule has 1 aromatic heterocycles. The predicted molar refractivity (Wildman–Crippen MR) is 55.0 cm³/mol. The first-order valence-electron chi connectivity index (χ1n) is 4.70. The lowest BCUT2D eigenvalue weighted by atomic mass is 10.1. The summed E-state index contributed by atoms with van der Waals surface area (Å²) in [5.41, 5.74) is 1.00. The fraction of sp³-hybridized carbons (Fsp3) is 0.556. The average Bonchev–Trinajstić information content (AvgIpc) is 2.73. The van der Waals surface area contributed by atoms with Crippen molar-refractivity contribution < 1.29 is 8.42 Å². The van der Waals surface area contributed by atoms with E-state index in [1.165, 1.54) is 19.0 Å². The monoisotopic (exact) mass is 233 g/mol. The molecule has 0 aliphatic heterocycles. The van der Waals surface area contributed by atoms with Crippen molar-refractivity contribution in [2.75, 3.05) is 0 Å². The number of H-pyrrole nitrogens is 1. The van der Waals surface area contributed by atoms with Crippen LogP contribution in [-0.2, 0) is 9.05 Å². The van der Waals surface area contributed by atoms with Gasteiger partial charge in [-0.15, -0.1) is 0 Å². The lowest BCUT2D eigenvalue weighted by Crippen LogP contribution is -1.91. The number of hydrogen-bond donors (Lipinski definition) is 1. The van der Waals surface area contributed by atoms with Crippen LogP contribution in [0.15, 0.2) is 17.2 Å². The third-order valence-corrected chi connectivity index (χ3v) is 4.09. The predicted octanol–water partition coefficient (Wildman–Crippen LogP) is 2.60. The van der Waals surface area contributed by atoms with Gasteiger partial charge in [-0.2, -0.15) is 0 Å². The molecule has 0 radical (unpaired) electrons. The Morgan fingerprint density at radius 1 is 1.36 bits per heavy atom. The summed E-state index contributed by atoms with van der Waals surface area (Å²) in [6.07, 6.45) is 6.21. The van der Waals surface area contributed by atoms with Crippen molar-refractivity contribution in [3.63, 3.8) is 0 Å². The lowest BCUT2D eigenvalue weighted by Gasteiger charge is -2.04. The smallest absolute Gasteiger partial charge is 0.262 e. The van der Waals surface area contributed by atoms with E-state index in [0.29, 0.717) is 5.92 Å². The van der Waals surface area contributed by atoms with E-state index in [4.69, 9.17) is 10.7 Å². The Bertz CT molecular complexity index is 418. The molecule has 0 amide bonds. The molecule has 0 saturated heterocycles. The van der Waals surface area contributed by atoms with Gasteiger partial charge in [0.25, 0.3) is 9.05 Å². The summed E-state index contributed by atoms with van der Waals surface area (Å²) in [7, 11) is 1.66. The highest BCUT2D eigenvalue weighted by Gasteiger charge is 2.20. The zero-order chi connectivity index (χ0) is 10.2. The van der Waals surface area contributed by atoms with E-state index in [0.717, 1.165) is 18.5 Å². The van der Waals surface area contributed by atoms with Crippen LogP contribution >= 0.6 is 10.7 Å². The van der Waals surface area contributed by atoms with Gasteiger partial charge in [-0.25, -0.2) is 8.42 Å². The first-order chi connectivity index (χ1) is 6.57. The minimum absolute atomic E-state index is 0.182. The quantitative estimate of drug-likeness (QED) is 0.799. The molecule has 0 unspecified atom stereocenters. The van der Waals surface area contributed by atoms with E-state index in [1.807, 2.05) is 0 Å². The molecule has 3 nitrogen and oxygen atoms in total. The van der Waals surface area contributed by atoms with E-state index in [-0.39, 0.29) is 4.90 Å². The zero-order valence-corrected chi connectivity index (χ0v) is 9.24. The average molecular weight is 234 g/mol. The SMILES string of the molecule is O=S(=O)(Cl)c1c[nH]c(C2CCCC2)c1. The molecular formula is C9H12ClNO2S. The first-order valence-corrected chi connectivity index (χ1v) is 7.01. The standard InChI is InChI=1S/C9H12ClNO2S/c10-14(12,13)8-5-9(11-6-8)7-3-1-2-4-7/h5-7,11H,1-4H2. The van der Waals surface area contributed by atoms with Crippen molar-refractivity contribution in [3.8, 4) is 0 Å². The second kappa shape index (κ2) is 3.59. The molecule has 0 atom stereocenters. The maximum atomic E-state index is 11.0. The van der Waals surface area contributed by atoms with Gasteiger partial charge in [0.15, 0.2) is 0 Å². The first kappa shape index (κ1) is 10.1. The Morgan fingerprint density at radius 3 is 2.50 bits per heavy atom. The second-order valence-electron chi connectivity index (χ2n) is 3.71. The van der Waals surface area contributed by atoms with Gasteiger partial charge >= 0.3 is 0 Å². The van der Waals surface area contributed by atoms with E-state index in [2.05, 4.69) is 4.98 Å². The van der Waals surface area contributed by atoms with Gasteiger partial charge in [-0.1, -0.05) is 12.8 Å². The molecule has 5 heteroatoms. The van der Waals surface area contributed by atoms with Crippen LogP contribution in [-0.4, -0.2) is 13.4 Å². The molecule has 14 heavy (non-hydrogen) atoms. The van der Waals surface area contributed by atoms with Crippen molar-refractivity contribution in [2.45, 2.75) is 36.5 Å².